The van der Waals surface area contributed by atoms with E-state index in [1.54, 1.807) is 6.92 Å². The molecule has 0 aliphatic carbocycles. The largest absolute Gasteiger partial charge is 0.545 e. The molecule has 37 heavy (non-hydrogen) atoms. The van der Waals surface area contributed by atoms with Crippen LogP contribution in [-0.2, 0) is 34.8 Å². The topological polar surface area (TPSA) is 136 Å². The van der Waals surface area contributed by atoms with Crippen LogP contribution in [0.4, 0.5) is 13.2 Å². The Morgan fingerprint density at radius 2 is 1.84 bits per heavy atom. The summed E-state index contributed by atoms with van der Waals surface area (Å²) >= 11 is 6.38. The second-order valence-corrected chi connectivity index (χ2v) is 10.4. The fraction of sp³-hybridized carbons (Fsp3) is 0.364. The van der Waals surface area contributed by atoms with Crippen LogP contribution in [0.5, 0.6) is 0 Å². The molecular formula is C22H21ClF3N4O6S-. The van der Waals surface area contributed by atoms with Crippen LogP contribution in [0.15, 0.2) is 23.2 Å². The lowest BCUT2D eigenvalue weighted by Gasteiger charge is -2.15. The lowest BCUT2D eigenvalue weighted by Crippen LogP contribution is -2.24. The number of carbonyl (C=O) groups is 2. The van der Waals surface area contributed by atoms with Gasteiger partial charge in [-0.05, 0) is 26.0 Å². The van der Waals surface area contributed by atoms with E-state index in [0.717, 1.165) is 18.4 Å². The summed E-state index contributed by atoms with van der Waals surface area (Å²) in [6.45, 7) is 0.896. The number of halogens is 4. The molecule has 1 aromatic carbocycles. The first kappa shape index (κ1) is 28.3. The number of nitrogens with zero attached hydrogens (tertiary/aromatic N) is 4. The summed E-state index contributed by atoms with van der Waals surface area (Å²) in [4.78, 5) is 25.1. The molecule has 2 aromatic heterocycles. The van der Waals surface area contributed by atoms with Crippen LogP contribution < -0.4 is 5.11 Å². The summed E-state index contributed by atoms with van der Waals surface area (Å²) in [5.74, 6) is -2.30. The number of carboxylic acids is 1. The zero-order valence-electron chi connectivity index (χ0n) is 20.0. The van der Waals surface area contributed by atoms with Crippen molar-refractivity contribution in [3.63, 3.8) is 0 Å². The van der Waals surface area contributed by atoms with Crippen LogP contribution >= 0.6 is 11.6 Å². The lowest BCUT2D eigenvalue weighted by molar-refractivity contribution is -0.255. The maximum atomic E-state index is 13.6. The second kappa shape index (κ2) is 10.3. The van der Waals surface area contributed by atoms with E-state index >= 15 is 0 Å². The molecule has 200 valence electrons. The number of aromatic carboxylic acids is 1. The molecule has 0 unspecified atom stereocenters. The highest BCUT2D eigenvalue weighted by Crippen LogP contribution is 2.34. The molecule has 0 fully saturated rings. The standard InChI is InChI=1S/C22H22ClF3N4O6S/c1-5-30-18(19-16(21(32)33)11(2)28-29(19)3)13(8-27-30)20(31)12-6-7-15(37(4,34)35)14(17(12)23)9-36-10-22(24,25)26/h6-8H,5,9-10H2,1-4H3,(H,32,33)/p-1. The molecule has 0 aliphatic heterocycles. The van der Waals surface area contributed by atoms with Gasteiger partial charge in [0.15, 0.2) is 15.6 Å². The van der Waals surface area contributed by atoms with E-state index in [9.17, 15) is 36.3 Å². The maximum Gasteiger partial charge on any atom is 0.411 e. The average Bonchev–Trinajstić information content (AvgIpc) is 3.31. The van der Waals surface area contributed by atoms with Gasteiger partial charge in [-0.3, -0.25) is 14.2 Å². The Labute approximate surface area is 214 Å². The Kier molecular flexibility index (Phi) is 7.86. The van der Waals surface area contributed by atoms with Crippen molar-refractivity contribution < 1.29 is 41.0 Å². The fourth-order valence-electron chi connectivity index (χ4n) is 3.89. The Morgan fingerprint density at radius 3 is 2.38 bits per heavy atom. The normalized spacial score (nSPS) is 12.2. The summed E-state index contributed by atoms with van der Waals surface area (Å²) in [5.41, 5.74) is -0.652. The number of aromatic nitrogens is 4. The number of benzene rings is 1. The van der Waals surface area contributed by atoms with Crippen molar-refractivity contribution >= 4 is 33.2 Å². The van der Waals surface area contributed by atoms with Gasteiger partial charge in [0.1, 0.15) is 6.61 Å². The van der Waals surface area contributed by atoms with Gasteiger partial charge in [0.25, 0.3) is 0 Å². The molecule has 15 heteroatoms. The highest BCUT2D eigenvalue weighted by atomic mass is 35.5. The fourth-order valence-corrected chi connectivity index (χ4v) is 5.17. The zero-order valence-corrected chi connectivity index (χ0v) is 21.6. The van der Waals surface area contributed by atoms with Gasteiger partial charge in [0.05, 0.1) is 51.3 Å². The van der Waals surface area contributed by atoms with Gasteiger partial charge in [-0.25, -0.2) is 8.42 Å². The Morgan fingerprint density at radius 1 is 1.19 bits per heavy atom. The van der Waals surface area contributed by atoms with Crippen molar-refractivity contribution in [2.24, 2.45) is 7.05 Å². The van der Waals surface area contributed by atoms with Gasteiger partial charge < -0.3 is 14.6 Å². The lowest BCUT2D eigenvalue weighted by atomic mass is 9.99. The molecule has 0 saturated heterocycles. The van der Waals surface area contributed by atoms with Crippen LogP contribution in [0.25, 0.3) is 11.4 Å². The first-order chi connectivity index (χ1) is 17.1. The van der Waals surface area contributed by atoms with E-state index < -0.39 is 50.9 Å². The number of ether oxygens (including phenoxy) is 1. The summed E-state index contributed by atoms with van der Waals surface area (Å²) in [6.07, 6.45) is -2.65. The third-order valence-corrected chi connectivity index (χ3v) is 7.00. The Balaban J connectivity index is 2.20. The van der Waals surface area contributed by atoms with Gasteiger partial charge in [0, 0.05) is 36.5 Å². The molecule has 0 bridgehead atoms. The Hall–Kier alpha value is -3.23. The molecule has 0 radical (unpaired) electrons. The van der Waals surface area contributed by atoms with E-state index in [2.05, 4.69) is 14.9 Å². The maximum absolute atomic E-state index is 13.6. The summed E-state index contributed by atoms with van der Waals surface area (Å²) in [5, 5.41) is 19.7. The van der Waals surface area contributed by atoms with Crippen LogP contribution in [0.1, 0.15) is 44.5 Å². The van der Waals surface area contributed by atoms with Gasteiger partial charge in [0.2, 0.25) is 0 Å². The predicted octanol–water partition coefficient (Wildman–Crippen LogP) is 2.34. The first-order valence-corrected chi connectivity index (χ1v) is 12.9. The third-order valence-electron chi connectivity index (χ3n) is 5.39. The van der Waals surface area contributed by atoms with Gasteiger partial charge in [-0.1, -0.05) is 11.6 Å². The number of carboxylic acid groups (broad SMARTS) is 1. The number of carbonyl (C=O) groups excluding carboxylic acids is 2. The number of sulfone groups is 1. The molecule has 0 amide bonds. The summed E-state index contributed by atoms with van der Waals surface area (Å²) in [7, 11) is -2.48. The van der Waals surface area contributed by atoms with Crippen molar-refractivity contribution in [2.75, 3.05) is 12.9 Å². The number of rotatable bonds is 9. The van der Waals surface area contributed by atoms with Gasteiger partial charge in [-0.2, -0.15) is 23.4 Å². The Bertz CT molecular complexity index is 1490. The molecule has 0 saturated carbocycles. The highest BCUT2D eigenvalue weighted by molar-refractivity contribution is 7.90. The van der Waals surface area contributed by atoms with Gasteiger partial charge in [-0.15, -0.1) is 0 Å². The third kappa shape index (κ3) is 5.70. The zero-order chi connectivity index (χ0) is 27.9. The van der Waals surface area contributed by atoms with Crippen molar-refractivity contribution in [3.05, 3.63) is 51.3 Å². The number of hydrogen-bond acceptors (Lipinski definition) is 8. The van der Waals surface area contributed by atoms with Crippen LogP contribution in [0, 0.1) is 6.92 Å². The molecule has 0 N–H and O–H groups in total. The molecule has 0 spiro atoms. The van der Waals surface area contributed by atoms with Crippen molar-refractivity contribution in [1.29, 1.82) is 0 Å². The smallest absolute Gasteiger partial charge is 0.411 e. The van der Waals surface area contributed by atoms with E-state index in [4.69, 9.17) is 11.6 Å². The van der Waals surface area contributed by atoms with E-state index in [1.807, 2.05) is 0 Å². The van der Waals surface area contributed by atoms with Crippen molar-refractivity contribution in [1.82, 2.24) is 19.6 Å². The van der Waals surface area contributed by atoms with Crippen LogP contribution in [0.3, 0.4) is 0 Å². The number of ketones is 1. The van der Waals surface area contributed by atoms with Crippen molar-refractivity contribution in [2.45, 2.75) is 38.1 Å². The molecule has 0 atom stereocenters. The quantitative estimate of drug-likeness (QED) is 0.363. The highest BCUT2D eigenvalue weighted by Gasteiger charge is 2.31. The monoisotopic (exact) mass is 561 g/mol. The van der Waals surface area contributed by atoms with E-state index in [-0.39, 0.29) is 45.9 Å². The number of aryl methyl sites for hydroxylation is 3. The van der Waals surface area contributed by atoms with Crippen LogP contribution in [0.2, 0.25) is 5.02 Å². The molecule has 2 heterocycles. The predicted molar refractivity (Wildman–Crippen MR) is 123 cm³/mol. The minimum atomic E-state index is -4.67. The number of alkyl halides is 3. The summed E-state index contributed by atoms with van der Waals surface area (Å²) < 4.78 is 69.5. The molecule has 10 nitrogen and oxygen atoms in total. The van der Waals surface area contributed by atoms with E-state index in [1.165, 1.54) is 29.5 Å². The van der Waals surface area contributed by atoms with Gasteiger partial charge >= 0.3 is 6.18 Å². The van der Waals surface area contributed by atoms with Crippen LogP contribution in [-0.4, -0.2) is 58.8 Å². The average molecular weight is 562 g/mol. The van der Waals surface area contributed by atoms with Crippen molar-refractivity contribution in [3.8, 4) is 11.4 Å². The molecular weight excluding hydrogens is 541 g/mol. The first-order valence-electron chi connectivity index (χ1n) is 10.6. The second-order valence-electron chi connectivity index (χ2n) is 8.06. The molecule has 3 aromatic rings. The minimum Gasteiger partial charge on any atom is -0.545 e. The SMILES string of the molecule is CCn1ncc(C(=O)c2ccc(S(C)(=O)=O)c(COCC(F)(F)F)c2Cl)c1-c1c(C(=O)[O-])c(C)nn1C. The molecule has 0 aliphatic rings. The minimum absolute atomic E-state index is 0.0396. The summed E-state index contributed by atoms with van der Waals surface area (Å²) in [6, 6.07) is 2.17. The van der Waals surface area contributed by atoms with E-state index in [0.29, 0.717) is 0 Å². The molecule has 3 rings (SSSR count). The number of hydrogen-bond donors (Lipinski definition) is 0.